The van der Waals surface area contributed by atoms with Crippen LogP contribution in [0.3, 0.4) is 0 Å². The minimum Gasteiger partial charge on any atom is -0.207 e. The molecule has 1 aliphatic heterocycles. The molecule has 1 aliphatic rings. The Balaban J connectivity index is 2.37. The zero-order valence-corrected chi connectivity index (χ0v) is 10.9. The fourth-order valence-electron chi connectivity index (χ4n) is 2.20. The molecule has 1 atom stereocenters. The lowest BCUT2D eigenvalue weighted by Crippen LogP contribution is -2.41. The van der Waals surface area contributed by atoms with Crippen molar-refractivity contribution in [2.75, 3.05) is 6.54 Å². The summed E-state index contributed by atoms with van der Waals surface area (Å²) in [6.45, 7) is 2.26. The zero-order valence-electron chi connectivity index (χ0n) is 10.1. The van der Waals surface area contributed by atoms with Crippen molar-refractivity contribution in [1.29, 1.82) is 0 Å². The standard InChI is InChI=1S/C12H15F2NO2S/c1-9-4-2-3-7-15(9)18(16,17)10-5-6-11(13)12(14)8-10/h5-6,8-9H,2-4,7H2,1H3. The molecule has 0 bridgehead atoms. The van der Waals surface area contributed by atoms with Gasteiger partial charge in [-0.3, -0.25) is 0 Å². The number of sulfonamides is 1. The predicted molar refractivity (Wildman–Crippen MR) is 63.6 cm³/mol. The van der Waals surface area contributed by atoms with Crippen molar-refractivity contribution in [2.45, 2.75) is 37.1 Å². The fourth-order valence-corrected chi connectivity index (χ4v) is 3.91. The van der Waals surface area contributed by atoms with Crippen LogP contribution in [0.25, 0.3) is 0 Å². The van der Waals surface area contributed by atoms with E-state index in [1.165, 1.54) is 4.31 Å². The van der Waals surface area contributed by atoms with E-state index in [0.717, 1.165) is 37.5 Å². The van der Waals surface area contributed by atoms with E-state index in [2.05, 4.69) is 0 Å². The highest BCUT2D eigenvalue weighted by atomic mass is 32.2. The fraction of sp³-hybridized carbons (Fsp3) is 0.500. The lowest BCUT2D eigenvalue weighted by molar-refractivity contribution is 0.268. The largest absolute Gasteiger partial charge is 0.243 e. The lowest BCUT2D eigenvalue weighted by Gasteiger charge is -2.32. The highest BCUT2D eigenvalue weighted by molar-refractivity contribution is 7.89. The quantitative estimate of drug-likeness (QED) is 0.831. The van der Waals surface area contributed by atoms with Gasteiger partial charge in [0.1, 0.15) is 0 Å². The van der Waals surface area contributed by atoms with E-state index in [4.69, 9.17) is 0 Å². The third-order valence-electron chi connectivity index (χ3n) is 3.24. The van der Waals surface area contributed by atoms with Gasteiger partial charge in [0, 0.05) is 12.6 Å². The molecule has 1 unspecified atom stereocenters. The minimum absolute atomic E-state index is 0.100. The maximum absolute atomic E-state index is 13.1. The molecule has 0 aliphatic carbocycles. The number of nitrogens with zero attached hydrogens (tertiary/aromatic N) is 1. The minimum atomic E-state index is -3.72. The lowest BCUT2D eigenvalue weighted by atomic mass is 10.1. The molecule has 0 aromatic heterocycles. The summed E-state index contributed by atoms with van der Waals surface area (Å²) < 4.78 is 51.9. The van der Waals surface area contributed by atoms with Crippen LogP contribution >= 0.6 is 0 Å². The second-order valence-electron chi connectivity index (χ2n) is 4.54. The van der Waals surface area contributed by atoms with E-state index in [1.807, 2.05) is 6.92 Å². The van der Waals surface area contributed by atoms with E-state index in [-0.39, 0.29) is 10.9 Å². The van der Waals surface area contributed by atoms with Crippen LogP contribution < -0.4 is 0 Å². The Kier molecular flexibility index (Phi) is 3.68. The van der Waals surface area contributed by atoms with Crippen molar-refractivity contribution < 1.29 is 17.2 Å². The van der Waals surface area contributed by atoms with E-state index in [9.17, 15) is 17.2 Å². The number of piperidine rings is 1. The van der Waals surface area contributed by atoms with Crippen molar-refractivity contribution in [3.63, 3.8) is 0 Å². The van der Waals surface area contributed by atoms with E-state index < -0.39 is 21.7 Å². The SMILES string of the molecule is CC1CCCCN1S(=O)(=O)c1ccc(F)c(F)c1. The Labute approximate surface area is 105 Å². The molecule has 0 N–H and O–H groups in total. The van der Waals surface area contributed by atoms with Crippen LogP contribution in [-0.2, 0) is 10.0 Å². The molecule has 100 valence electrons. The number of rotatable bonds is 2. The van der Waals surface area contributed by atoms with Crippen molar-refractivity contribution in [3.05, 3.63) is 29.8 Å². The molecule has 3 nitrogen and oxygen atoms in total. The molecular formula is C12H15F2NO2S. The number of benzene rings is 1. The van der Waals surface area contributed by atoms with Crippen molar-refractivity contribution in [2.24, 2.45) is 0 Å². The molecule has 1 aromatic rings. The number of hydrogen-bond donors (Lipinski definition) is 0. The van der Waals surface area contributed by atoms with E-state index in [0.29, 0.717) is 6.54 Å². The van der Waals surface area contributed by atoms with Crippen molar-refractivity contribution >= 4 is 10.0 Å². The molecule has 0 radical (unpaired) electrons. The van der Waals surface area contributed by atoms with E-state index in [1.54, 1.807) is 0 Å². The van der Waals surface area contributed by atoms with Crippen LogP contribution in [0.15, 0.2) is 23.1 Å². The maximum atomic E-state index is 13.1. The van der Waals surface area contributed by atoms with Gasteiger partial charge < -0.3 is 0 Å². The van der Waals surface area contributed by atoms with Gasteiger partial charge in [0.05, 0.1) is 4.90 Å². The first-order valence-corrected chi connectivity index (χ1v) is 7.34. The average Bonchev–Trinajstić information content (AvgIpc) is 2.33. The first kappa shape index (κ1) is 13.4. The van der Waals surface area contributed by atoms with Gasteiger partial charge in [0.15, 0.2) is 11.6 Å². The molecule has 0 spiro atoms. The first-order chi connectivity index (χ1) is 8.43. The summed E-state index contributed by atoms with van der Waals surface area (Å²) in [7, 11) is -3.72. The highest BCUT2D eigenvalue weighted by Crippen LogP contribution is 2.25. The second-order valence-corrected chi connectivity index (χ2v) is 6.43. The van der Waals surface area contributed by atoms with Crippen LogP contribution in [0.5, 0.6) is 0 Å². The molecule has 0 amide bonds. The molecule has 1 aromatic carbocycles. The topological polar surface area (TPSA) is 37.4 Å². The maximum Gasteiger partial charge on any atom is 0.243 e. The third-order valence-corrected chi connectivity index (χ3v) is 5.25. The van der Waals surface area contributed by atoms with Gasteiger partial charge in [0.25, 0.3) is 0 Å². The molecule has 18 heavy (non-hydrogen) atoms. The van der Waals surface area contributed by atoms with Gasteiger partial charge in [-0.15, -0.1) is 0 Å². The summed E-state index contributed by atoms with van der Waals surface area (Å²) in [4.78, 5) is -0.185. The summed E-state index contributed by atoms with van der Waals surface area (Å²) in [5.74, 6) is -2.18. The number of hydrogen-bond acceptors (Lipinski definition) is 2. The molecule has 6 heteroatoms. The zero-order chi connectivity index (χ0) is 13.3. The van der Waals surface area contributed by atoms with Crippen molar-refractivity contribution in [1.82, 2.24) is 4.31 Å². The molecule has 1 saturated heterocycles. The Hall–Kier alpha value is -1.01. The van der Waals surface area contributed by atoms with Gasteiger partial charge in [-0.05, 0) is 38.0 Å². The van der Waals surface area contributed by atoms with Gasteiger partial charge in [-0.25, -0.2) is 17.2 Å². The summed E-state index contributed by atoms with van der Waals surface area (Å²) in [6.07, 6.45) is 2.58. The van der Waals surface area contributed by atoms with Gasteiger partial charge in [0.2, 0.25) is 10.0 Å². The Morgan fingerprint density at radius 1 is 1.22 bits per heavy atom. The molecule has 2 rings (SSSR count). The second kappa shape index (κ2) is 4.93. The molecular weight excluding hydrogens is 260 g/mol. The average molecular weight is 275 g/mol. The van der Waals surface area contributed by atoms with Gasteiger partial charge >= 0.3 is 0 Å². The van der Waals surface area contributed by atoms with Crippen LogP contribution in [0.4, 0.5) is 8.78 Å². The van der Waals surface area contributed by atoms with E-state index >= 15 is 0 Å². The van der Waals surface area contributed by atoms with Crippen molar-refractivity contribution in [3.8, 4) is 0 Å². The number of halogens is 2. The summed E-state index contributed by atoms with van der Waals surface area (Å²) in [5.41, 5.74) is 0. The van der Waals surface area contributed by atoms with Gasteiger partial charge in [-0.2, -0.15) is 4.31 Å². The first-order valence-electron chi connectivity index (χ1n) is 5.90. The molecule has 0 saturated carbocycles. The normalized spacial score (nSPS) is 22.1. The Morgan fingerprint density at radius 3 is 2.56 bits per heavy atom. The summed E-state index contributed by atoms with van der Waals surface area (Å²) >= 11 is 0. The monoisotopic (exact) mass is 275 g/mol. The van der Waals surface area contributed by atoms with Gasteiger partial charge in [-0.1, -0.05) is 6.42 Å². The predicted octanol–water partition coefficient (Wildman–Crippen LogP) is 2.53. The Bertz CT molecular complexity index is 545. The van der Waals surface area contributed by atoms with Crippen LogP contribution in [0.1, 0.15) is 26.2 Å². The Morgan fingerprint density at radius 2 is 1.94 bits per heavy atom. The molecule has 1 fully saturated rings. The summed E-state index contributed by atoms with van der Waals surface area (Å²) in [5, 5.41) is 0. The molecule has 1 heterocycles. The van der Waals surface area contributed by atoms with Crippen LogP contribution in [-0.4, -0.2) is 25.3 Å². The smallest absolute Gasteiger partial charge is 0.207 e. The van der Waals surface area contributed by atoms with Crippen LogP contribution in [0.2, 0.25) is 0 Å². The third kappa shape index (κ3) is 2.40. The highest BCUT2D eigenvalue weighted by Gasteiger charge is 2.31. The van der Waals surface area contributed by atoms with Crippen LogP contribution in [0, 0.1) is 11.6 Å². The summed E-state index contributed by atoms with van der Waals surface area (Å²) in [6, 6.07) is 2.59.